The largest absolute Gasteiger partial charge is 0.497 e. The molecule has 1 aliphatic rings. The van der Waals surface area contributed by atoms with Crippen LogP contribution in [0.3, 0.4) is 0 Å². The molecule has 7 nitrogen and oxygen atoms in total. The van der Waals surface area contributed by atoms with Crippen molar-refractivity contribution in [2.75, 3.05) is 7.11 Å². The molecule has 0 spiro atoms. The topological polar surface area (TPSA) is 85.0 Å². The third kappa shape index (κ3) is 4.39. The van der Waals surface area contributed by atoms with Crippen LogP contribution in [0.2, 0.25) is 0 Å². The predicted molar refractivity (Wildman–Crippen MR) is 109 cm³/mol. The van der Waals surface area contributed by atoms with Gasteiger partial charge in [-0.25, -0.2) is 0 Å². The molecular weight excluding hydrogens is 386 g/mol. The molecule has 0 unspecified atom stereocenters. The zero-order valence-corrected chi connectivity index (χ0v) is 15.7. The van der Waals surface area contributed by atoms with Gasteiger partial charge in [0, 0.05) is 12.1 Å². The molecule has 0 N–H and O–H groups in total. The van der Waals surface area contributed by atoms with Crippen LogP contribution >= 0.6 is 24.0 Å². The first-order valence-corrected chi connectivity index (χ1v) is 8.91. The standard InChI is InChI=1S/C18H13N3O4S2/c1-25-15-8-4-13(5-9-15)11-19-20-17(22)16(27-18(20)26)10-12-2-6-14(7-3-12)21(23)24/h2-11H,1H3. The quantitative estimate of drug-likeness (QED) is 0.250. The van der Waals surface area contributed by atoms with Gasteiger partial charge in [-0.3, -0.25) is 14.9 Å². The average molecular weight is 399 g/mol. The van der Waals surface area contributed by atoms with Gasteiger partial charge in [0.05, 0.1) is 23.2 Å². The Hall–Kier alpha value is -3.04. The van der Waals surface area contributed by atoms with Crippen LogP contribution < -0.4 is 4.74 Å². The van der Waals surface area contributed by atoms with Crippen molar-refractivity contribution in [1.82, 2.24) is 5.01 Å². The first kappa shape index (κ1) is 18.7. The molecule has 136 valence electrons. The van der Waals surface area contributed by atoms with E-state index in [1.807, 2.05) is 12.1 Å². The Balaban J connectivity index is 1.75. The molecule has 0 saturated carbocycles. The van der Waals surface area contributed by atoms with Crippen LogP contribution in [0, 0.1) is 10.1 Å². The summed E-state index contributed by atoms with van der Waals surface area (Å²) in [7, 11) is 1.58. The van der Waals surface area contributed by atoms with E-state index in [0.717, 1.165) is 28.1 Å². The number of nitrogens with zero attached hydrogens (tertiary/aromatic N) is 3. The molecule has 0 bridgehead atoms. The Morgan fingerprint density at radius 2 is 1.78 bits per heavy atom. The fraction of sp³-hybridized carbons (Fsp3) is 0.0556. The minimum atomic E-state index is -0.475. The number of methoxy groups -OCH3 is 1. The summed E-state index contributed by atoms with van der Waals surface area (Å²) in [5, 5.41) is 16.0. The van der Waals surface area contributed by atoms with E-state index >= 15 is 0 Å². The Morgan fingerprint density at radius 1 is 1.15 bits per heavy atom. The second-order valence-electron chi connectivity index (χ2n) is 5.36. The second kappa shape index (κ2) is 8.11. The van der Waals surface area contributed by atoms with Crippen molar-refractivity contribution >= 4 is 52.2 Å². The highest BCUT2D eigenvalue weighted by atomic mass is 32.2. The number of thioether (sulfide) groups is 1. The van der Waals surface area contributed by atoms with E-state index in [4.69, 9.17) is 17.0 Å². The van der Waals surface area contributed by atoms with E-state index in [0.29, 0.717) is 14.8 Å². The Kier molecular flexibility index (Phi) is 5.63. The Bertz CT molecular complexity index is 954. The summed E-state index contributed by atoms with van der Waals surface area (Å²) in [6.45, 7) is 0. The maximum absolute atomic E-state index is 12.5. The number of hydrogen-bond acceptors (Lipinski definition) is 7. The third-order valence-electron chi connectivity index (χ3n) is 3.61. The fourth-order valence-corrected chi connectivity index (χ4v) is 3.39. The van der Waals surface area contributed by atoms with E-state index in [1.165, 1.54) is 12.1 Å². The zero-order valence-electron chi connectivity index (χ0n) is 14.1. The number of ether oxygens (including phenoxy) is 1. The van der Waals surface area contributed by atoms with Crippen LogP contribution in [0.25, 0.3) is 6.08 Å². The van der Waals surface area contributed by atoms with E-state index in [9.17, 15) is 14.9 Å². The molecule has 1 fully saturated rings. The van der Waals surface area contributed by atoms with Crippen LogP contribution in [0.4, 0.5) is 5.69 Å². The zero-order chi connectivity index (χ0) is 19.4. The lowest BCUT2D eigenvalue weighted by Gasteiger charge is -2.06. The lowest BCUT2D eigenvalue weighted by molar-refractivity contribution is -0.384. The minimum Gasteiger partial charge on any atom is -0.497 e. The fourth-order valence-electron chi connectivity index (χ4n) is 2.22. The molecule has 0 aromatic heterocycles. The lowest BCUT2D eigenvalue weighted by Crippen LogP contribution is -2.22. The molecule has 3 rings (SSSR count). The minimum absolute atomic E-state index is 0.0104. The van der Waals surface area contributed by atoms with Gasteiger partial charge < -0.3 is 4.74 Å². The molecule has 1 heterocycles. The van der Waals surface area contributed by atoms with Gasteiger partial charge in [-0.2, -0.15) is 10.1 Å². The highest BCUT2D eigenvalue weighted by Crippen LogP contribution is 2.33. The van der Waals surface area contributed by atoms with Gasteiger partial charge in [0.25, 0.3) is 11.6 Å². The number of carbonyl (C=O) groups is 1. The summed E-state index contributed by atoms with van der Waals surface area (Å²) in [5.74, 6) is 0.386. The number of non-ortho nitro benzene ring substituents is 1. The molecule has 1 amide bonds. The van der Waals surface area contributed by atoms with E-state index in [1.54, 1.807) is 43.7 Å². The van der Waals surface area contributed by atoms with Crippen molar-refractivity contribution in [3.8, 4) is 5.75 Å². The van der Waals surface area contributed by atoms with Gasteiger partial charge in [0.1, 0.15) is 5.75 Å². The van der Waals surface area contributed by atoms with Gasteiger partial charge in [-0.05, 0) is 65.8 Å². The maximum atomic E-state index is 12.5. The van der Waals surface area contributed by atoms with Crippen molar-refractivity contribution in [3.05, 3.63) is 74.7 Å². The molecule has 0 atom stereocenters. The number of hydrogen-bond donors (Lipinski definition) is 0. The second-order valence-corrected chi connectivity index (χ2v) is 7.04. The summed E-state index contributed by atoms with van der Waals surface area (Å²) in [4.78, 5) is 23.2. The highest BCUT2D eigenvalue weighted by molar-refractivity contribution is 8.26. The Morgan fingerprint density at radius 3 is 2.37 bits per heavy atom. The van der Waals surface area contributed by atoms with E-state index in [2.05, 4.69) is 5.10 Å². The summed E-state index contributed by atoms with van der Waals surface area (Å²) < 4.78 is 5.41. The van der Waals surface area contributed by atoms with Crippen LogP contribution in [-0.2, 0) is 4.79 Å². The smallest absolute Gasteiger partial charge is 0.286 e. The molecule has 27 heavy (non-hydrogen) atoms. The summed E-state index contributed by atoms with van der Waals surface area (Å²) in [6, 6.07) is 13.1. The third-order valence-corrected chi connectivity index (χ3v) is 4.90. The number of nitro groups is 1. The van der Waals surface area contributed by atoms with Crippen molar-refractivity contribution < 1.29 is 14.5 Å². The average Bonchev–Trinajstić information content (AvgIpc) is 2.94. The Labute approximate surface area is 164 Å². The number of benzene rings is 2. The summed E-state index contributed by atoms with van der Waals surface area (Å²) in [5.41, 5.74) is 1.45. The first-order chi connectivity index (χ1) is 13.0. The van der Waals surface area contributed by atoms with Crippen LogP contribution in [0.1, 0.15) is 11.1 Å². The molecule has 0 radical (unpaired) electrons. The number of thiocarbonyl (C=S) groups is 1. The number of nitro benzene ring substituents is 1. The van der Waals surface area contributed by atoms with Gasteiger partial charge in [-0.1, -0.05) is 11.8 Å². The van der Waals surface area contributed by atoms with Crippen molar-refractivity contribution in [2.45, 2.75) is 0 Å². The highest BCUT2D eigenvalue weighted by Gasteiger charge is 2.32. The maximum Gasteiger partial charge on any atom is 0.286 e. The van der Waals surface area contributed by atoms with Crippen molar-refractivity contribution in [1.29, 1.82) is 0 Å². The van der Waals surface area contributed by atoms with Crippen molar-refractivity contribution in [2.24, 2.45) is 5.10 Å². The summed E-state index contributed by atoms with van der Waals surface area (Å²) in [6.07, 6.45) is 3.17. The molecular formula is C18H13N3O4S2. The first-order valence-electron chi connectivity index (χ1n) is 7.68. The normalized spacial score (nSPS) is 15.7. The number of amides is 1. The monoisotopic (exact) mass is 399 g/mol. The number of rotatable bonds is 5. The molecule has 9 heteroatoms. The van der Waals surface area contributed by atoms with E-state index < -0.39 is 4.92 Å². The van der Waals surface area contributed by atoms with Gasteiger partial charge >= 0.3 is 0 Å². The van der Waals surface area contributed by atoms with Gasteiger partial charge in [-0.15, -0.1) is 0 Å². The molecule has 0 aliphatic carbocycles. The molecule has 1 saturated heterocycles. The predicted octanol–water partition coefficient (Wildman–Crippen LogP) is 3.84. The van der Waals surface area contributed by atoms with Crippen LogP contribution in [0.5, 0.6) is 5.75 Å². The number of carbonyl (C=O) groups excluding carboxylic acids is 1. The molecule has 2 aromatic carbocycles. The molecule has 1 aliphatic heterocycles. The molecule has 2 aromatic rings. The van der Waals surface area contributed by atoms with Crippen LogP contribution in [-0.4, -0.2) is 33.5 Å². The lowest BCUT2D eigenvalue weighted by atomic mass is 10.2. The number of hydrazone groups is 1. The van der Waals surface area contributed by atoms with Gasteiger partial charge in [0.15, 0.2) is 4.32 Å². The van der Waals surface area contributed by atoms with Gasteiger partial charge in [0.2, 0.25) is 0 Å². The van der Waals surface area contributed by atoms with E-state index in [-0.39, 0.29) is 11.6 Å². The van der Waals surface area contributed by atoms with Crippen molar-refractivity contribution in [3.63, 3.8) is 0 Å². The van der Waals surface area contributed by atoms with Crippen LogP contribution in [0.15, 0.2) is 58.5 Å². The summed E-state index contributed by atoms with van der Waals surface area (Å²) >= 11 is 6.35. The SMILES string of the molecule is COc1ccc(C=NN2C(=O)C(=Cc3ccc([N+](=O)[O-])cc3)SC2=S)cc1.